The van der Waals surface area contributed by atoms with E-state index in [-0.39, 0.29) is 0 Å². The lowest BCUT2D eigenvalue weighted by molar-refractivity contribution is 0.0455. The number of rotatable bonds is 7. The molecule has 0 unspecified atom stereocenters. The first-order chi connectivity index (χ1) is 15.6. The molecule has 7 nitrogen and oxygen atoms in total. The molecule has 0 aromatic carbocycles. The Balaban J connectivity index is 1.45. The summed E-state index contributed by atoms with van der Waals surface area (Å²) in [5.74, 6) is 2.18. The maximum atomic E-state index is 9.68. The van der Waals surface area contributed by atoms with Crippen LogP contribution in [0, 0.1) is 22.7 Å². The third-order valence-corrected chi connectivity index (χ3v) is 7.01. The van der Waals surface area contributed by atoms with Gasteiger partial charge in [0.15, 0.2) is 0 Å². The van der Waals surface area contributed by atoms with Crippen LogP contribution in [0.15, 0.2) is 30.5 Å². The predicted octanol–water partition coefficient (Wildman–Crippen LogP) is 4.46. The van der Waals surface area contributed by atoms with Gasteiger partial charge in [-0.1, -0.05) is 17.7 Å². The Morgan fingerprint density at radius 2 is 1.97 bits per heavy atom. The molecule has 2 fully saturated rings. The average molecular weight is 455 g/mol. The summed E-state index contributed by atoms with van der Waals surface area (Å²) < 4.78 is 5.42. The van der Waals surface area contributed by atoms with Gasteiger partial charge in [0, 0.05) is 37.6 Å². The first-order valence-corrected chi connectivity index (χ1v) is 11.8. The van der Waals surface area contributed by atoms with Crippen LogP contribution in [-0.2, 0) is 4.74 Å². The second-order valence-electron chi connectivity index (χ2n) is 8.91. The van der Waals surface area contributed by atoms with E-state index >= 15 is 0 Å². The van der Waals surface area contributed by atoms with Crippen molar-refractivity contribution in [2.45, 2.75) is 44.6 Å². The molecule has 0 bridgehead atoms. The molecule has 1 saturated carbocycles. The fraction of sp³-hybridized carbons (Fsp3) is 0.542. The fourth-order valence-electron chi connectivity index (χ4n) is 4.50. The van der Waals surface area contributed by atoms with Gasteiger partial charge in [-0.2, -0.15) is 5.26 Å². The zero-order chi connectivity index (χ0) is 22.4. The molecular weight excluding hydrogens is 424 g/mol. The van der Waals surface area contributed by atoms with Crippen LogP contribution in [-0.4, -0.2) is 42.3 Å². The van der Waals surface area contributed by atoms with Crippen LogP contribution in [0.1, 0.15) is 38.5 Å². The maximum Gasteiger partial charge on any atom is 0.126 e. The minimum atomic E-state index is -0.412. The van der Waals surface area contributed by atoms with Crippen LogP contribution in [0.25, 0.3) is 11.3 Å². The normalized spacial score (nSPS) is 22.7. The lowest BCUT2D eigenvalue weighted by Crippen LogP contribution is -2.34. The van der Waals surface area contributed by atoms with Crippen molar-refractivity contribution < 1.29 is 4.74 Å². The molecule has 170 valence electrons. The Kier molecular flexibility index (Phi) is 7.46. The SMILES string of the molecule is N#CC1(CNc2cccc(-c3cc(N[C@H]4CC[C@H](CN)CC4)ncc3Cl)n2)CCOCC1. The Morgan fingerprint density at radius 3 is 2.69 bits per heavy atom. The van der Waals surface area contributed by atoms with Gasteiger partial charge in [-0.3, -0.25) is 0 Å². The van der Waals surface area contributed by atoms with E-state index in [9.17, 15) is 5.26 Å². The minimum Gasteiger partial charge on any atom is -0.381 e. The lowest BCUT2D eigenvalue weighted by atomic mass is 9.82. The van der Waals surface area contributed by atoms with Crippen LogP contribution in [0.2, 0.25) is 5.02 Å². The first-order valence-electron chi connectivity index (χ1n) is 11.4. The smallest absolute Gasteiger partial charge is 0.126 e. The number of pyridine rings is 2. The number of nitrogens with zero attached hydrogens (tertiary/aromatic N) is 3. The zero-order valence-electron chi connectivity index (χ0n) is 18.3. The Hall–Kier alpha value is -2.40. The van der Waals surface area contributed by atoms with E-state index in [1.165, 1.54) is 0 Å². The highest BCUT2D eigenvalue weighted by molar-refractivity contribution is 6.33. The second kappa shape index (κ2) is 10.5. The number of aromatic nitrogens is 2. The molecule has 0 amide bonds. The highest BCUT2D eigenvalue weighted by atomic mass is 35.5. The van der Waals surface area contributed by atoms with Gasteiger partial charge in [-0.15, -0.1) is 0 Å². The van der Waals surface area contributed by atoms with Gasteiger partial charge >= 0.3 is 0 Å². The highest BCUT2D eigenvalue weighted by Gasteiger charge is 2.32. The monoisotopic (exact) mass is 454 g/mol. The first kappa shape index (κ1) is 22.8. The summed E-state index contributed by atoms with van der Waals surface area (Å²) in [6, 6.07) is 10.7. The molecule has 0 spiro atoms. The Morgan fingerprint density at radius 1 is 1.19 bits per heavy atom. The summed E-state index contributed by atoms with van der Waals surface area (Å²) in [7, 11) is 0. The summed E-state index contributed by atoms with van der Waals surface area (Å²) in [5, 5.41) is 17.1. The molecule has 2 aliphatic rings. The number of nitrogens with one attached hydrogen (secondary N) is 2. The van der Waals surface area contributed by atoms with Crippen LogP contribution in [0.5, 0.6) is 0 Å². The maximum absolute atomic E-state index is 9.68. The number of anilines is 2. The van der Waals surface area contributed by atoms with E-state index in [2.05, 4.69) is 21.7 Å². The van der Waals surface area contributed by atoms with E-state index in [0.717, 1.165) is 68.0 Å². The van der Waals surface area contributed by atoms with Gasteiger partial charge in [-0.05, 0) is 69.2 Å². The van der Waals surface area contributed by atoms with Crippen molar-refractivity contribution in [1.82, 2.24) is 9.97 Å². The van der Waals surface area contributed by atoms with Crippen molar-refractivity contribution >= 4 is 23.2 Å². The molecular formula is C24H31ClN6O. The fourth-order valence-corrected chi connectivity index (χ4v) is 4.70. The molecule has 1 saturated heterocycles. The average Bonchev–Trinajstić information content (AvgIpc) is 2.85. The second-order valence-corrected chi connectivity index (χ2v) is 9.32. The predicted molar refractivity (Wildman–Crippen MR) is 127 cm³/mol. The van der Waals surface area contributed by atoms with Crippen LogP contribution < -0.4 is 16.4 Å². The molecule has 2 aromatic heterocycles. The third kappa shape index (κ3) is 5.50. The molecule has 4 N–H and O–H groups in total. The van der Waals surface area contributed by atoms with E-state index in [0.29, 0.717) is 36.7 Å². The van der Waals surface area contributed by atoms with Crippen molar-refractivity contribution in [2.24, 2.45) is 17.1 Å². The van der Waals surface area contributed by atoms with E-state index in [1.807, 2.05) is 24.3 Å². The summed E-state index contributed by atoms with van der Waals surface area (Å²) in [4.78, 5) is 9.24. The molecule has 32 heavy (non-hydrogen) atoms. The number of ether oxygens (including phenoxy) is 1. The standard InChI is InChI=1S/C24H31ClN6O/c25-20-14-28-23(30-18-6-4-17(13-26)5-7-18)12-19(20)21-2-1-3-22(31-21)29-16-24(15-27)8-10-32-11-9-24/h1-3,12,14,17-18H,4-11,13,16,26H2,(H,28,30)(H,29,31)/t17-,18-. The topological polar surface area (TPSA) is 109 Å². The summed E-state index contributed by atoms with van der Waals surface area (Å²) in [6.45, 7) is 2.57. The van der Waals surface area contributed by atoms with Crippen molar-refractivity contribution in [1.29, 1.82) is 5.26 Å². The van der Waals surface area contributed by atoms with Crippen molar-refractivity contribution in [2.75, 3.05) is 36.9 Å². The van der Waals surface area contributed by atoms with Gasteiger partial charge in [0.1, 0.15) is 11.6 Å². The van der Waals surface area contributed by atoms with E-state index in [1.54, 1.807) is 6.20 Å². The van der Waals surface area contributed by atoms with Gasteiger partial charge < -0.3 is 21.1 Å². The minimum absolute atomic E-state index is 0.405. The van der Waals surface area contributed by atoms with Crippen molar-refractivity contribution in [3.8, 4) is 17.3 Å². The summed E-state index contributed by atoms with van der Waals surface area (Å²) in [5.41, 5.74) is 7.01. The summed E-state index contributed by atoms with van der Waals surface area (Å²) in [6.07, 6.45) is 7.65. The molecule has 0 atom stereocenters. The molecule has 8 heteroatoms. The number of hydrogen-bond donors (Lipinski definition) is 3. The van der Waals surface area contributed by atoms with Crippen molar-refractivity contribution in [3.63, 3.8) is 0 Å². The Bertz CT molecular complexity index is 948. The van der Waals surface area contributed by atoms with E-state index in [4.69, 9.17) is 27.1 Å². The molecule has 3 heterocycles. The zero-order valence-corrected chi connectivity index (χ0v) is 19.1. The van der Waals surface area contributed by atoms with Crippen LogP contribution in [0.4, 0.5) is 11.6 Å². The highest BCUT2D eigenvalue weighted by Crippen LogP contribution is 2.32. The number of nitriles is 1. The van der Waals surface area contributed by atoms with Gasteiger partial charge in [0.25, 0.3) is 0 Å². The number of halogens is 1. The Labute approximate surface area is 194 Å². The third-order valence-electron chi connectivity index (χ3n) is 6.71. The van der Waals surface area contributed by atoms with Crippen LogP contribution in [0.3, 0.4) is 0 Å². The molecule has 1 aliphatic heterocycles. The number of nitrogens with two attached hydrogens (primary N) is 1. The molecule has 0 radical (unpaired) electrons. The number of hydrogen-bond acceptors (Lipinski definition) is 7. The van der Waals surface area contributed by atoms with E-state index < -0.39 is 5.41 Å². The quantitative estimate of drug-likeness (QED) is 0.566. The van der Waals surface area contributed by atoms with Crippen LogP contribution >= 0.6 is 11.6 Å². The lowest BCUT2D eigenvalue weighted by Gasteiger charge is -2.30. The van der Waals surface area contributed by atoms with Crippen molar-refractivity contribution in [3.05, 3.63) is 35.5 Å². The summed E-state index contributed by atoms with van der Waals surface area (Å²) >= 11 is 6.49. The molecule has 4 rings (SSSR count). The van der Waals surface area contributed by atoms with Gasteiger partial charge in [0.2, 0.25) is 0 Å². The van der Waals surface area contributed by atoms with Gasteiger partial charge in [0.05, 0.1) is 22.2 Å². The largest absolute Gasteiger partial charge is 0.381 e. The molecule has 1 aliphatic carbocycles. The molecule has 2 aromatic rings. The van der Waals surface area contributed by atoms with Gasteiger partial charge in [-0.25, -0.2) is 9.97 Å².